The number of aromatic nitrogens is 4. The van der Waals surface area contributed by atoms with E-state index in [1.807, 2.05) is 53.9 Å². The Labute approximate surface area is 253 Å². The maximum atomic E-state index is 13.6. The second-order valence-electron chi connectivity index (χ2n) is 9.42. The molecule has 0 aliphatic carbocycles. The Kier molecular flexibility index (Phi) is 7.33. The molecule has 1 aliphatic heterocycles. The number of aliphatic hydroxyl groups is 1. The Morgan fingerprint density at radius 3 is 2.37 bits per heavy atom. The number of fused-ring (bicyclic) bond motifs is 1. The Morgan fingerprint density at radius 2 is 1.68 bits per heavy atom. The van der Waals surface area contributed by atoms with Gasteiger partial charge in [-0.2, -0.15) is 0 Å². The molecule has 3 aromatic heterocycles. The van der Waals surface area contributed by atoms with E-state index >= 15 is 0 Å². The van der Waals surface area contributed by atoms with E-state index < -0.39 is 17.7 Å². The van der Waals surface area contributed by atoms with Crippen LogP contribution >= 0.6 is 46.3 Å². The number of rotatable bonds is 6. The average molecular weight is 623 g/mol. The maximum absolute atomic E-state index is 13.6. The monoisotopic (exact) mass is 621 g/mol. The molecule has 2 aromatic carbocycles. The summed E-state index contributed by atoms with van der Waals surface area (Å²) in [5.41, 5.74) is 3.98. The van der Waals surface area contributed by atoms with Crippen molar-refractivity contribution in [3.63, 3.8) is 0 Å². The highest BCUT2D eigenvalue weighted by Crippen LogP contribution is 2.44. The molecule has 5 aromatic rings. The van der Waals surface area contributed by atoms with Crippen LogP contribution in [0.5, 0.6) is 0 Å². The molecule has 206 valence electrons. The second-order valence-corrected chi connectivity index (χ2v) is 12.5. The maximum Gasteiger partial charge on any atom is 0.301 e. The van der Waals surface area contributed by atoms with Crippen molar-refractivity contribution < 1.29 is 14.7 Å². The standard InChI is InChI=1S/C29H21Cl2N5O3S2/c1-15-4-3-13-35-16(2)22(32-26(15)35)24(37)21-23(18-7-11-20(31)12-8-18)36(27(39)25(21)38)28-33-34-29(41-28)40-14-17-5-9-19(30)10-6-17/h3-13,23,37H,14H2,1-2H3. The van der Waals surface area contributed by atoms with Gasteiger partial charge in [0.1, 0.15) is 11.3 Å². The fourth-order valence-electron chi connectivity index (χ4n) is 4.75. The average Bonchev–Trinajstić information content (AvgIpc) is 3.64. The van der Waals surface area contributed by atoms with Gasteiger partial charge in [0.25, 0.3) is 5.78 Å². The SMILES string of the molecule is Cc1cccn2c(C)c(C(O)=C3C(=O)C(=O)N(c4nnc(SCc5ccc(Cl)cc5)s4)C3c3ccc(Cl)cc3)nc12. The van der Waals surface area contributed by atoms with E-state index in [0.717, 1.165) is 11.1 Å². The fourth-order valence-corrected chi connectivity index (χ4v) is 6.82. The zero-order valence-corrected chi connectivity index (χ0v) is 24.9. The molecule has 1 amide bonds. The third kappa shape index (κ3) is 5.01. The van der Waals surface area contributed by atoms with Gasteiger partial charge in [0.15, 0.2) is 10.1 Å². The lowest BCUT2D eigenvalue weighted by atomic mass is 9.96. The van der Waals surface area contributed by atoms with Crippen molar-refractivity contribution in [3.05, 3.63) is 111 Å². The van der Waals surface area contributed by atoms with Crippen LogP contribution in [0.2, 0.25) is 10.0 Å². The number of hydrogen-bond acceptors (Lipinski definition) is 8. The van der Waals surface area contributed by atoms with Crippen molar-refractivity contribution in [1.29, 1.82) is 0 Å². The zero-order chi connectivity index (χ0) is 28.8. The fraction of sp³-hybridized carbons (Fsp3) is 0.138. The topological polar surface area (TPSA) is 101 Å². The number of halogens is 2. The molecule has 0 radical (unpaired) electrons. The molecular weight excluding hydrogens is 601 g/mol. The number of imidazole rings is 1. The summed E-state index contributed by atoms with van der Waals surface area (Å²) in [6.45, 7) is 3.72. The number of thioether (sulfide) groups is 1. The van der Waals surface area contributed by atoms with Crippen LogP contribution in [0.3, 0.4) is 0 Å². The molecule has 0 saturated carbocycles. The lowest BCUT2D eigenvalue weighted by Gasteiger charge is -2.22. The molecular formula is C29H21Cl2N5O3S2. The van der Waals surface area contributed by atoms with Crippen molar-refractivity contribution >= 4 is 74.5 Å². The molecule has 1 unspecified atom stereocenters. The Bertz CT molecular complexity index is 1850. The van der Waals surface area contributed by atoms with Crippen LogP contribution in [0.4, 0.5) is 5.13 Å². The summed E-state index contributed by atoms with van der Waals surface area (Å²) in [7, 11) is 0. The van der Waals surface area contributed by atoms with Crippen molar-refractivity contribution in [2.75, 3.05) is 4.90 Å². The van der Waals surface area contributed by atoms with E-state index in [-0.39, 0.29) is 22.2 Å². The van der Waals surface area contributed by atoms with Gasteiger partial charge in [0.2, 0.25) is 5.13 Å². The minimum atomic E-state index is -0.959. The van der Waals surface area contributed by atoms with E-state index in [1.165, 1.54) is 28.0 Å². The van der Waals surface area contributed by atoms with E-state index in [2.05, 4.69) is 15.2 Å². The molecule has 41 heavy (non-hydrogen) atoms. The molecule has 1 atom stereocenters. The molecule has 6 rings (SSSR count). The summed E-state index contributed by atoms with van der Waals surface area (Å²) >= 11 is 14.8. The predicted octanol–water partition coefficient (Wildman–Crippen LogP) is 7.03. The first-order chi connectivity index (χ1) is 19.7. The molecule has 12 heteroatoms. The van der Waals surface area contributed by atoms with Crippen molar-refractivity contribution in [2.24, 2.45) is 0 Å². The largest absolute Gasteiger partial charge is 0.505 e. The smallest absolute Gasteiger partial charge is 0.301 e. The summed E-state index contributed by atoms with van der Waals surface area (Å²) < 4.78 is 2.46. The van der Waals surface area contributed by atoms with Crippen LogP contribution in [0.15, 0.2) is 76.8 Å². The summed E-state index contributed by atoms with van der Waals surface area (Å²) in [5.74, 6) is -1.37. The number of Topliss-reactive ketones (excluding diaryl/α,β-unsaturated/α-hetero) is 1. The number of pyridine rings is 1. The zero-order valence-electron chi connectivity index (χ0n) is 21.7. The molecule has 1 N–H and O–H groups in total. The molecule has 1 fully saturated rings. The minimum Gasteiger partial charge on any atom is -0.505 e. The van der Waals surface area contributed by atoms with Crippen LogP contribution in [0, 0.1) is 13.8 Å². The van der Waals surface area contributed by atoms with Crippen LogP contribution < -0.4 is 4.90 Å². The lowest BCUT2D eigenvalue weighted by Crippen LogP contribution is -2.29. The Morgan fingerprint density at radius 1 is 1.00 bits per heavy atom. The quantitative estimate of drug-likeness (QED) is 0.0714. The Hall–Kier alpha value is -3.70. The first kappa shape index (κ1) is 27.5. The van der Waals surface area contributed by atoms with Crippen LogP contribution in [0.1, 0.15) is 34.1 Å². The van der Waals surface area contributed by atoms with Gasteiger partial charge >= 0.3 is 5.91 Å². The molecule has 0 spiro atoms. The first-order valence-electron chi connectivity index (χ1n) is 12.4. The third-order valence-corrected chi connectivity index (χ3v) is 9.45. The van der Waals surface area contributed by atoms with Gasteiger partial charge in [-0.25, -0.2) is 4.98 Å². The van der Waals surface area contributed by atoms with Gasteiger partial charge in [-0.3, -0.25) is 14.5 Å². The predicted molar refractivity (Wildman–Crippen MR) is 162 cm³/mol. The lowest BCUT2D eigenvalue weighted by molar-refractivity contribution is -0.132. The molecule has 4 heterocycles. The van der Waals surface area contributed by atoms with Gasteiger partial charge in [0.05, 0.1) is 17.3 Å². The highest BCUT2D eigenvalue weighted by Gasteiger charge is 2.48. The number of ketones is 1. The second kappa shape index (κ2) is 10.9. The number of aryl methyl sites for hydroxylation is 2. The van der Waals surface area contributed by atoms with Crippen molar-refractivity contribution in [2.45, 2.75) is 30.0 Å². The van der Waals surface area contributed by atoms with Gasteiger partial charge in [-0.05, 0) is 60.9 Å². The Balaban J connectivity index is 1.43. The molecule has 8 nitrogen and oxygen atoms in total. The van der Waals surface area contributed by atoms with Gasteiger partial charge in [-0.15, -0.1) is 10.2 Å². The summed E-state index contributed by atoms with van der Waals surface area (Å²) in [6.07, 6.45) is 1.83. The van der Waals surface area contributed by atoms with Gasteiger partial charge in [-0.1, -0.05) is 76.6 Å². The number of hydrogen-bond donors (Lipinski definition) is 1. The van der Waals surface area contributed by atoms with Gasteiger partial charge < -0.3 is 9.51 Å². The van der Waals surface area contributed by atoms with E-state index in [1.54, 1.807) is 31.2 Å². The van der Waals surface area contributed by atoms with Crippen LogP contribution in [-0.2, 0) is 15.3 Å². The van der Waals surface area contributed by atoms with Crippen LogP contribution in [-0.4, -0.2) is 36.4 Å². The number of amides is 1. The molecule has 0 bridgehead atoms. The highest BCUT2D eigenvalue weighted by atomic mass is 35.5. The minimum absolute atomic E-state index is 0.0768. The first-order valence-corrected chi connectivity index (χ1v) is 15.0. The molecule has 1 saturated heterocycles. The number of carbonyl (C=O) groups is 2. The van der Waals surface area contributed by atoms with E-state index in [0.29, 0.717) is 37.0 Å². The summed E-state index contributed by atoms with van der Waals surface area (Å²) in [6, 6.07) is 17.1. The normalized spacial score (nSPS) is 16.7. The third-order valence-electron chi connectivity index (χ3n) is 6.82. The van der Waals surface area contributed by atoms with Crippen LogP contribution in [0.25, 0.3) is 11.4 Å². The number of carbonyl (C=O) groups excluding carboxylic acids is 2. The number of nitrogens with zero attached hydrogens (tertiary/aromatic N) is 5. The summed E-state index contributed by atoms with van der Waals surface area (Å²) in [4.78, 5) is 33.0. The van der Waals surface area contributed by atoms with Gasteiger partial charge in [0, 0.05) is 22.0 Å². The highest BCUT2D eigenvalue weighted by molar-refractivity contribution is 8.00. The molecule has 1 aliphatic rings. The van der Waals surface area contributed by atoms with Crippen molar-refractivity contribution in [1.82, 2.24) is 19.6 Å². The van der Waals surface area contributed by atoms with E-state index in [4.69, 9.17) is 23.2 Å². The number of aliphatic hydroxyl groups excluding tert-OH is 1. The number of anilines is 1. The number of benzene rings is 2. The van der Waals surface area contributed by atoms with E-state index in [9.17, 15) is 14.7 Å². The summed E-state index contributed by atoms with van der Waals surface area (Å²) in [5, 5.41) is 21.5. The van der Waals surface area contributed by atoms with Crippen molar-refractivity contribution in [3.8, 4) is 0 Å².